The van der Waals surface area contributed by atoms with E-state index in [0.717, 1.165) is 18.5 Å². The molecule has 24 heavy (non-hydrogen) atoms. The first-order valence-electron chi connectivity index (χ1n) is 8.35. The van der Waals surface area contributed by atoms with Gasteiger partial charge in [-0.05, 0) is 44.2 Å². The molecule has 0 heterocycles. The molecule has 6 heteroatoms. The van der Waals surface area contributed by atoms with E-state index in [1.54, 1.807) is 0 Å². The summed E-state index contributed by atoms with van der Waals surface area (Å²) in [7, 11) is 0. The fourth-order valence-corrected chi connectivity index (χ4v) is 2.32. The van der Waals surface area contributed by atoms with Crippen molar-refractivity contribution in [3.05, 3.63) is 29.3 Å². The molecule has 0 bridgehead atoms. The summed E-state index contributed by atoms with van der Waals surface area (Å²) >= 11 is 0. The summed E-state index contributed by atoms with van der Waals surface area (Å²) in [4.78, 5) is 15.7. The second-order valence-corrected chi connectivity index (χ2v) is 5.69. The van der Waals surface area contributed by atoms with Gasteiger partial charge in [-0.3, -0.25) is 9.79 Å². The molecule has 3 N–H and O–H groups in total. The van der Waals surface area contributed by atoms with Gasteiger partial charge in [0.2, 0.25) is 0 Å². The van der Waals surface area contributed by atoms with E-state index in [4.69, 9.17) is 10.5 Å². The number of carbonyl (C=O) groups is 1. The lowest BCUT2D eigenvalue weighted by Crippen LogP contribution is -2.24. The summed E-state index contributed by atoms with van der Waals surface area (Å²) < 4.78 is 5.08. The van der Waals surface area contributed by atoms with Gasteiger partial charge in [0, 0.05) is 18.7 Å². The van der Waals surface area contributed by atoms with Crippen molar-refractivity contribution in [2.24, 2.45) is 10.7 Å². The number of aryl methyl sites for hydroxylation is 2. The van der Waals surface area contributed by atoms with Crippen molar-refractivity contribution in [1.82, 2.24) is 0 Å². The number of nitrogens with one attached hydrogen (secondary N) is 1. The van der Waals surface area contributed by atoms with Crippen LogP contribution in [-0.4, -0.2) is 24.6 Å². The van der Waals surface area contributed by atoms with E-state index in [1.165, 1.54) is 11.1 Å². The number of aliphatic imine (C=N–C) groups is 1. The maximum absolute atomic E-state index is 11.4. The number of anilines is 1. The molecule has 0 amide bonds. The highest BCUT2D eigenvalue weighted by molar-refractivity contribution is 14.0. The van der Waals surface area contributed by atoms with E-state index >= 15 is 0 Å². The van der Waals surface area contributed by atoms with E-state index in [2.05, 4.69) is 42.4 Å². The number of para-hydroxylation sites is 1. The van der Waals surface area contributed by atoms with E-state index < -0.39 is 0 Å². The second-order valence-electron chi connectivity index (χ2n) is 5.69. The molecule has 0 aliphatic rings. The average Bonchev–Trinajstić information content (AvgIpc) is 2.51. The van der Waals surface area contributed by atoms with Crippen molar-refractivity contribution < 1.29 is 9.53 Å². The monoisotopic (exact) mass is 447 g/mol. The summed E-state index contributed by atoms with van der Waals surface area (Å²) in [5, 5.41) is 3.21. The normalized spacial score (nSPS) is 11.1. The summed E-state index contributed by atoms with van der Waals surface area (Å²) in [6.45, 7) is 8.42. The molecule has 0 aromatic heterocycles. The lowest BCUT2D eigenvalue weighted by molar-refractivity contribution is -0.147. The Hall–Kier alpha value is -1.31. The number of nitrogens with two attached hydrogens (primary N) is 1. The van der Waals surface area contributed by atoms with Gasteiger partial charge in [0.25, 0.3) is 0 Å². The van der Waals surface area contributed by atoms with Crippen LogP contribution in [0.4, 0.5) is 5.69 Å². The third-order valence-corrected chi connectivity index (χ3v) is 3.44. The maximum atomic E-state index is 11.4. The summed E-state index contributed by atoms with van der Waals surface area (Å²) in [6, 6.07) is 6.25. The minimum atomic E-state index is -0.189. The van der Waals surface area contributed by atoms with Crippen molar-refractivity contribution in [3.63, 3.8) is 0 Å². The van der Waals surface area contributed by atoms with Gasteiger partial charge in [-0.2, -0.15) is 0 Å². The van der Waals surface area contributed by atoms with Gasteiger partial charge in [-0.15, -0.1) is 24.0 Å². The Morgan fingerprint density at radius 2 is 1.83 bits per heavy atom. The first-order valence-corrected chi connectivity index (χ1v) is 8.35. The summed E-state index contributed by atoms with van der Waals surface area (Å²) in [6.07, 6.45) is 2.79. The number of rotatable bonds is 8. The molecular formula is C18H30IN3O2. The molecule has 1 aromatic rings. The van der Waals surface area contributed by atoms with Crippen LogP contribution in [0.15, 0.2) is 23.2 Å². The Bertz CT molecular complexity index is 523. The molecule has 0 saturated heterocycles. The van der Waals surface area contributed by atoms with Crippen LogP contribution >= 0.6 is 24.0 Å². The Morgan fingerprint density at radius 1 is 1.25 bits per heavy atom. The maximum Gasteiger partial charge on any atom is 0.306 e. The van der Waals surface area contributed by atoms with Gasteiger partial charge in [0.05, 0.1) is 6.10 Å². The minimum absolute atomic E-state index is 0. The molecule has 0 aliphatic heterocycles. The number of hydrogen-bond acceptors (Lipinski definition) is 3. The van der Waals surface area contributed by atoms with E-state index in [9.17, 15) is 4.79 Å². The van der Waals surface area contributed by atoms with E-state index in [0.29, 0.717) is 25.3 Å². The molecule has 5 nitrogen and oxygen atoms in total. The molecule has 0 spiro atoms. The predicted octanol–water partition coefficient (Wildman–Crippen LogP) is 3.89. The third-order valence-electron chi connectivity index (χ3n) is 3.44. The van der Waals surface area contributed by atoms with Crippen LogP contribution in [0.5, 0.6) is 0 Å². The number of benzene rings is 1. The number of esters is 1. The third kappa shape index (κ3) is 7.99. The minimum Gasteiger partial charge on any atom is -0.463 e. The molecule has 136 valence electrons. The first kappa shape index (κ1) is 22.7. The van der Waals surface area contributed by atoms with Gasteiger partial charge >= 0.3 is 5.97 Å². The van der Waals surface area contributed by atoms with Crippen LogP contribution in [0.2, 0.25) is 0 Å². The summed E-state index contributed by atoms with van der Waals surface area (Å²) in [5.41, 5.74) is 9.48. The lowest BCUT2D eigenvalue weighted by Gasteiger charge is -2.14. The van der Waals surface area contributed by atoms with E-state index in [1.807, 2.05) is 13.8 Å². The van der Waals surface area contributed by atoms with Gasteiger partial charge in [0.15, 0.2) is 5.96 Å². The standard InChI is InChI=1S/C18H29N3O2.HI/c1-5-14-9-7-10-15(6-2)17(14)21-18(19)20-12-8-11-16(22)23-13(3)4;/h7,9-10,13H,5-6,8,11-12H2,1-4H3,(H3,19,20,21);1H. The van der Waals surface area contributed by atoms with Crippen LogP contribution in [0.3, 0.4) is 0 Å². The lowest BCUT2D eigenvalue weighted by atomic mass is 10.0. The Kier molecular flexibility index (Phi) is 11.4. The molecule has 0 atom stereocenters. The molecule has 0 fully saturated rings. The molecule has 1 rings (SSSR count). The van der Waals surface area contributed by atoms with Crippen LogP contribution in [0, 0.1) is 0 Å². The summed E-state index contributed by atoms with van der Waals surface area (Å²) in [5.74, 6) is 0.198. The Balaban J connectivity index is 0.00000529. The van der Waals surface area contributed by atoms with Crippen LogP contribution in [0.1, 0.15) is 51.7 Å². The highest BCUT2D eigenvalue weighted by Crippen LogP contribution is 2.22. The van der Waals surface area contributed by atoms with Gasteiger partial charge in [-0.1, -0.05) is 32.0 Å². The van der Waals surface area contributed by atoms with Crippen molar-refractivity contribution in [2.75, 3.05) is 11.9 Å². The fraction of sp³-hybridized carbons (Fsp3) is 0.556. The molecule has 0 unspecified atom stereocenters. The average molecular weight is 447 g/mol. The van der Waals surface area contributed by atoms with Gasteiger partial charge in [0.1, 0.15) is 0 Å². The highest BCUT2D eigenvalue weighted by Gasteiger charge is 2.07. The smallest absolute Gasteiger partial charge is 0.306 e. The number of nitrogens with zero attached hydrogens (tertiary/aromatic N) is 1. The number of ether oxygens (including phenoxy) is 1. The number of guanidine groups is 1. The number of carbonyl (C=O) groups excluding carboxylic acids is 1. The second kappa shape index (κ2) is 12.1. The first-order chi connectivity index (χ1) is 11.0. The quantitative estimate of drug-likeness (QED) is 0.209. The zero-order valence-corrected chi connectivity index (χ0v) is 17.4. The zero-order chi connectivity index (χ0) is 17.2. The Labute approximate surface area is 162 Å². The fourth-order valence-electron chi connectivity index (χ4n) is 2.32. The number of hydrogen-bond donors (Lipinski definition) is 2. The predicted molar refractivity (Wildman–Crippen MR) is 111 cm³/mol. The zero-order valence-electron chi connectivity index (χ0n) is 15.1. The highest BCUT2D eigenvalue weighted by atomic mass is 127. The van der Waals surface area contributed by atoms with Gasteiger partial charge < -0.3 is 15.8 Å². The molecular weight excluding hydrogens is 417 g/mol. The van der Waals surface area contributed by atoms with Crippen molar-refractivity contribution >= 4 is 41.6 Å². The topological polar surface area (TPSA) is 76.7 Å². The molecule has 0 saturated carbocycles. The van der Waals surface area contributed by atoms with Gasteiger partial charge in [-0.25, -0.2) is 0 Å². The molecule has 0 aliphatic carbocycles. The van der Waals surface area contributed by atoms with Crippen molar-refractivity contribution in [1.29, 1.82) is 0 Å². The van der Waals surface area contributed by atoms with Crippen LogP contribution in [-0.2, 0) is 22.4 Å². The largest absolute Gasteiger partial charge is 0.463 e. The number of halogens is 1. The SMILES string of the molecule is CCc1cccc(CC)c1NC(N)=NCCCC(=O)OC(C)C.I. The van der Waals surface area contributed by atoms with Crippen molar-refractivity contribution in [3.8, 4) is 0 Å². The van der Waals surface area contributed by atoms with Crippen LogP contribution in [0.25, 0.3) is 0 Å². The Morgan fingerprint density at radius 3 is 2.33 bits per heavy atom. The molecule has 0 radical (unpaired) electrons. The van der Waals surface area contributed by atoms with Crippen LogP contribution < -0.4 is 11.1 Å². The molecule has 1 aromatic carbocycles. The van der Waals surface area contributed by atoms with Crippen molar-refractivity contribution in [2.45, 2.75) is 59.5 Å². The van der Waals surface area contributed by atoms with E-state index in [-0.39, 0.29) is 36.0 Å².